The maximum Gasteiger partial charge on any atom is 0.229 e. The summed E-state index contributed by atoms with van der Waals surface area (Å²) in [5, 5.41) is 89.7. The molecule has 13 heteroatoms. The molecule has 0 aromatic heterocycles. The molecule has 0 saturated carbocycles. The molecule has 9 N–H and O–H groups in total. The number of phenols is 2. The summed E-state index contributed by atoms with van der Waals surface area (Å²) in [6.07, 6.45) is -12.1. The number of hydrogen-bond donors (Lipinski definition) is 9. The quantitative estimate of drug-likeness (QED) is 0.167. The summed E-state index contributed by atoms with van der Waals surface area (Å²) in [6.45, 7) is -1.35. The Morgan fingerprint density at radius 3 is 1.77 bits per heavy atom. The zero-order valence-corrected chi connectivity index (χ0v) is 20.5. The van der Waals surface area contributed by atoms with Crippen LogP contribution in [0.5, 0.6) is 17.2 Å². The van der Waals surface area contributed by atoms with Gasteiger partial charge in [-0.05, 0) is 35.4 Å². The fraction of sp³-hybridized carbons (Fsp3) is 0.462. The van der Waals surface area contributed by atoms with E-state index in [2.05, 4.69) is 0 Å². The predicted molar refractivity (Wildman–Crippen MR) is 132 cm³/mol. The lowest BCUT2D eigenvalue weighted by molar-refractivity contribution is -0.357. The van der Waals surface area contributed by atoms with Gasteiger partial charge in [0.2, 0.25) is 6.29 Å². The van der Waals surface area contributed by atoms with Crippen LogP contribution in [0.25, 0.3) is 12.2 Å². The highest BCUT2D eigenvalue weighted by atomic mass is 16.8. The van der Waals surface area contributed by atoms with Crippen molar-refractivity contribution in [1.82, 2.24) is 0 Å². The second-order valence-corrected chi connectivity index (χ2v) is 9.31. The van der Waals surface area contributed by atoms with Crippen LogP contribution in [0.1, 0.15) is 11.1 Å². The molecule has 2 fully saturated rings. The van der Waals surface area contributed by atoms with Crippen LogP contribution >= 0.6 is 0 Å². The lowest BCUT2D eigenvalue weighted by Gasteiger charge is -2.45. The van der Waals surface area contributed by atoms with Gasteiger partial charge in [-0.15, -0.1) is 0 Å². The van der Waals surface area contributed by atoms with Gasteiger partial charge in [-0.3, -0.25) is 0 Å². The van der Waals surface area contributed by atoms with Crippen molar-refractivity contribution in [2.24, 2.45) is 0 Å². The Labute approximate surface area is 222 Å². The van der Waals surface area contributed by atoms with Crippen LogP contribution in [0.15, 0.2) is 42.5 Å². The molecule has 2 aliphatic rings. The average molecular weight is 553 g/mol. The number of benzene rings is 2. The fourth-order valence-electron chi connectivity index (χ4n) is 4.33. The molecule has 2 heterocycles. The molecule has 39 heavy (non-hydrogen) atoms. The van der Waals surface area contributed by atoms with Crippen molar-refractivity contribution in [1.29, 1.82) is 0 Å². The monoisotopic (exact) mass is 552 g/mol. The molecule has 0 radical (unpaired) electrons. The van der Waals surface area contributed by atoms with Gasteiger partial charge in [0.15, 0.2) is 12.4 Å². The molecule has 13 nitrogen and oxygen atoms in total. The molecule has 214 valence electrons. The van der Waals surface area contributed by atoms with Crippen molar-refractivity contribution in [3.05, 3.63) is 53.6 Å². The average Bonchev–Trinajstić information content (AvgIpc) is 2.91. The molecule has 2 saturated heterocycles. The summed E-state index contributed by atoms with van der Waals surface area (Å²) in [5.41, 5.74) is 1.30. The van der Waals surface area contributed by atoms with Crippen LogP contribution in [0, 0.1) is 0 Å². The highest BCUT2D eigenvalue weighted by molar-refractivity contribution is 5.71. The third-order valence-corrected chi connectivity index (χ3v) is 6.49. The Bertz CT molecular complexity index is 1090. The largest absolute Gasteiger partial charge is 0.508 e. The molecule has 2 aliphatic heterocycles. The van der Waals surface area contributed by atoms with Crippen LogP contribution in [0.4, 0.5) is 0 Å². The Morgan fingerprint density at radius 2 is 1.18 bits per heavy atom. The van der Waals surface area contributed by atoms with Gasteiger partial charge in [-0.1, -0.05) is 24.3 Å². The lowest BCUT2D eigenvalue weighted by atomic mass is 9.97. The van der Waals surface area contributed by atoms with Crippen molar-refractivity contribution in [2.75, 3.05) is 13.2 Å². The number of aliphatic hydroxyl groups excluding tert-OH is 7. The van der Waals surface area contributed by atoms with Gasteiger partial charge in [0.05, 0.1) is 13.2 Å². The number of rotatable bonds is 8. The predicted octanol–water partition coefficient (Wildman–Crippen LogP) is -1.73. The zero-order valence-electron chi connectivity index (χ0n) is 20.5. The molecular weight excluding hydrogens is 520 g/mol. The van der Waals surface area contributed by atoms with Crippen LogP contribution in [-0.4, -0.2) is 121 Å². The van der Waals surface area contributed by atoms with Crippen LogP contribution in [-0.2, 0) is 14.2 Å². The molecule has 0 unspecified atom stereocenters. The summed E-state index contributed by atoms with van der Waals surface area (Å²) in [4.78, 5) is 0. The minimum absolute atomic E-state index is 0.0835. The smallest absolute Gasteiger partial charge is 0.229 e. The fourth-order valence-corrected chi connectivity index (χ4v) is 4.33. The van der Waals surface area contributed by atoms with Crippen molar-refractivity contribution in [3.63, 3.8) is 0 Å². The molecule has 0 spiro atoms. The third-order valence-electron chi connectivity index (χ3n) is 6.49. The van der Waals surface area contributed by atoms with E-state index in [1.165, 1.54) is 18.2 Å². The number of hydrogen-bond acceptors (Lipinski definition) is 13. The van der Waals surface area contributed by atoms with E-state index in [9.17, 15) is 46.0 Å². The lowest BCUT2D eigenvalue weighted by Crippen LogP contribution is -2.65. The second kappa shape index (κ2) is 12.6. The van der Waals surface area contributed by atoms with E-state index in [1.807, 2.05) is 0 Å². The third kappa shape index (κ3) is 6.67. The summed E-state index contributed by atoms with van der Waals surface area (Å²) < 4.78 is 22.4. The maximum atomic E-state index is 10.7. The summed E-state index contributed by atoms with van der Waals surface area (Å²) in [5.74, 6) is 0.0783. The van der Waals surface area contributed by atoms with Crippen LogP contribution in [0.3, 0.4) is 0 Å². The molecule has 0 amide bonds. The number of aliphatic hydroxyl groups is 7. The Morgan fingerprint density at radius 1 is 0.641 bits per heavy atom. The minimum Gasteiger partial charge on any atom is -0.508 e. The van der Waals surface area contributed by atoms with E-state index in [1.54, 1.807) is 36.4 Å². The van der Waals surface area contributed by atoms with Gasteiger partial charge in [0.25, 0.3) is 0 Å². The van der Waals surface area contributed by atoms with Gasteiger partial charge < -0.3 is 64.9 Å². The maximum absolute atomic E-state index is 10.7. The van der Waals surface area contributed by atoms with Gasteiger partial charge in [0, 0.05) is 6.07 Å². The first-order valence-electron chi connectivity index (χ1n) is 12.2. The number of ether oxygens (including phenoxy) is 4. The van der Waals surface area contributed by atoms with Crippen molar-refractivity contribution in [3.8, 4) is 17.2 Å². The normalized spacial score (nSPS) is 35.3. The van der Waals surface area contributed by atoms with Crippen molar-refractivity contribution < 1.29 is 64.9 Å². The van der Waals surface area contributed by atoms with Gasteiger partial charge in [0.1, 0.15) is 60.0 Å². The van der Waals surface area contributed by atoms with Gasteiger partial charge in [-0.2, -0.15) is 0 Å². The topological polar surface area (TPSA) is 219 Å². The van der Waals surface area contributed by atoms with E-state index < -0.39 is 74.6 Å². The van der Waals surface area contributed by atoms with E-state index in [0.29, 0.717) is 5.56 Å². The number of phenolic OH excluding ortho intramolecular Hbond substituents is 2. The standard InChI is InChI=1S/C26H32O13/c27-10-17-19(31)21(33)23(35)25(37-17)39-24-22(34)20(32)18(11-28)38-26(24)36-16-5-3-12(4-6-16)1-2-13-7-14(29)9-15(30)8-13/h1-9,17-35H,10-11H2/b2-1+/t17-,18-,19-,20-,21+,22+,23-,24-,25-,26+/m1/s1. The highest BCUT2D eigenvalue weighted by Gasteiger charge is 2.51. The first kappa shape index (κ1) is 29.2. The Kier molecular flexibility index (Phi) is 9.40. The minimum atomic E-state index is -1.78. The van der Waals surface area contributed by atoms with E-state index in [4.69, 9.17) is 18.9 Å². The summed E-state index contributed by atoms with van der Waals surface area (Å²) in [6, 6.07) is 10.7. The first-order valence-corrected chi connectivity index (χ1v) is 12.2. The molecule has 2 aromatic carbocycles. The van der Waals surface area contributed by atoms with E-state index >= 15 is 0 Å². The molecule has 10 atom stereocenters. The Hall–Kier alpha value is -2.82. The van der Waals surface area contributed by atoms with Crippen LogP contribution in [0.2, 0.25) is 0 Å². The van der Waals surface area contributed by atoms with Gasteiger partial charge >= 0.3 is 0 Å². The summed E-state index contributed by atoms with van der Waals surface area (Å²) >= 11 is 0. The second-order valence-electron chi connectivity index (χ2n) is 9.31. The molecule has 0 bridgehead atoms. The molecule has 2 aromatic rings. The first-order chi connectivity index (χ1) is 18.6. The Balaban J connectivity index is 1.49. The number of aromatic hydroxyl groups is 2. The van der Waals surface area contributed by atoms with Crippen LogP contribution < -0.4 is 4.74 Å². The SMILES string of the molecule is OC[C@H]1O[C@H](O[C@H]2[C@@H](Oc3ccc(/C=C/c4cc(O)cc(O)c4)cc3)O[C@H](CO)[C@@H](O)[C@@H]2O)[C@H](O)[C@@H](O)[C@@H]1O. The zero-order chi connectivity index (χ0) is 28.3. The van der Waals surface area contributed by atoms with Gasteiger partial charge in [-0.25, -0.2) is 0 Å². The highest BCUT2D eigenvalue weighted by Crippen LogP contribution is 2.31. The van der Waals surface area contributed by atoms with Crippen molar-refractivity contribution in [2.45, 2.75) is 61.4 Å². The van der Waals surface area contributed by atoms with Crippen molar-refractivity contribution >= 4 is 12.2 Å². The summed E-state index contributed by atoms with van der Waals surface area (Å²) in [7, 11) is 0. The van der Waals surface area contributed by atoms with E-state index in [0.717, 1.165) is 5.56 Å². The molecule has 0 aliphatic carbocycles. The molecule has 4 rings (SSSR count). The molecular formula is C26H32O13. The van der Waals surface area contributed by atoms with E-state index in [-0.39, 0.29) is 17.2 Å².